The monoisotopic (exact) mass is 329 g/mol. The van der Waals surface area contributed by atoms with Gasteiger partial charge in [-0.1, -0.05) is 18.2 Å². The Kier molecular flexibility index (Phi) is 3.96. The maximum absolute atomic E-state index is 13.2. The van der Waals surface area contributed by atoms with E-state index in [9.17, 15) is 4.79 Å². The first-order valence-electron chi connectivity index (χ1n) is 7.91. The highest BCUT2D eigenvalue weighted by Crippen LogP contribution is 2.21. The summed E-state index contributed by atoms with van der Waals surface area (Å²) in [4.78, 5) is 23.4. The van der Waals surface area contributed by atoms with Crippen molar-refractivity contribution < 1.29 is 9.21 Å². The Morgan fingerprint density at radius 1 is 0.920 bits per heavy atom. The maximum atomic E-state index is 13.2. The summed E-state index contributed by atoms with van der Waals surface area (Å²) in [5.41, 5.74) is 2.82. The number of hydrogen-bond donors (Lipinski definition) is 0. The number of anilines is 1. The molecule has 0 saturated carbocycles. The number of carbonyl (C=O) groups excluding carboxylic acids is 1. The van der Waals surface area contributed by atoms with E-state index in [0.717, 1.165) is 17.0 Å². The molecule has 0 fully saturated rings. The fourth-order valence-electron chi connectivity index (χ4n) is 2.70. The van der Waals surface area contributed by atoms with Crippen LogP contribution in [0.15, 0.2) is 83.7 Å². The Bertz CT molecular complexity index is 998. The van der Waals surface area contributed by atoms with Crippen LogP contribution in [0, 0.1) is 0 Å². The van der Waals surface area contributed by atoms with E-state index in [-0.39, 0.29) is 5.91 Å². The number of rotatable bonds is 4. The number of aromatic nitrogens is 2. The summed E-state index contributed by atoms with van der Waals surface area (Å²) in [6.45, 7) is 0.356. The molecule has 4 aromatic rings. The number of carbonyl (C=O) groups is 1. The largest absolute Gasteiger partial charge is 0.467 e. The van der Waals surface area contributed by atoms with E-state index in [4.69, 9.17) is 4.42 Å². The van der Waals surface area contributed by atoms with Crippen molar-refractivity contribution in [1.29, 1.82) is 0 Å². The second-order valence-electron chi connectivity index (χ2n) is 5.57. The standard InChI is InChI=1S/C20H15N3O2/c24-20(15-8-9-18-19(13-15)22-11-10-21-18)23(14-17-7-4-12-25-17)16-5-2-1-3-6-16/h1-13H,14H2. The van der Waals surface area contributed by atoms with Gasteiger partial charge in [-0.2, -0.15) is 0 Å². The molecule has 1 amide bonds. The summed E-state index contributed by atoms with van der Waals surface area (Å²) in [6, 6.07) is 18.6. The van der Waals surface area contributed by atoms with Crippen LogP contribution >= 0.6 is 0 Å². The highest BCUT2D eigenvalue weighted by Gasteiger charge is 2.19. The molecule has 0 aliphatic carbocycles. The van der Waals surface area contributed by atoms with Crippen LogP contribution in [-0.2, 0) is 6.54 Å². The number of furan rings is 1. The molecular weight excluding hydrogens is 314 g/mol. The zero-order valence-electron chi connectivity index (χ0n) is 13.4. The molecule has 4 rings (SSSR count). The number of para-hydroxylation sites is 1. The third-order valence-electron chi connectivity index (χ3n) is 3.92. The smallest absolute Gasteiger partial charge is 0.258 e. The lowest BCUT2D eigenvalue weighted by molar-refractivity contribution is 0.0983. The van der Waals surface area contributed by atoms with Crippen LogP contribution < -0.4 is 4.90 Å². The van der Waals surface area contributed by atoms with E-state index in [1.54, 1.807) is 35.7 Å². The van der Waals surface area contributed by atoms with Gasteiger partial charge in [-0.25, -0.2) is 0 Å². The van der Waals surface area contributed by atoms with Gasteiger partial charge in [0.05, 0.1) is 23.8 Å². The number of hydrogen-bond acceptors (Lipinski definition) is 4. The number of benzene rings is 2. The second-order valence-corrected chi connectivity index (χ2v) is 5.57. The zero-order chi connectivity index (χ0) is 17.1. The van der Waals surface area contributed by atoms with Gasteiger partial charge >= 0.3 is 0 Å². The van der Waals surface area contributed by atoms with Gasteiger partial charge < -0.3 is 9.32 Å². The van der Waals surface area contributed by atoms with E-state index in [2.05, 4.69) is 9.97 Å². The van der Waals surface area contributed by atoms with Crippen molar-refractivity contribution in [2.75, 3.05) is 4.90 Å². The van der Waals surface area contributed by atoms with E-state index in [1.807, 2.05) is 48.5 Å². The first kappa shape index (κ1) is 15.1. The molecule has 0 aliphatic heterocycles. The molecule has 0 radical (unpaired) electrons. The van der Waals surface area contributed by atoms with Crippen LogP contribution in [0.4, 0.5) is 5.69 Å². The molecule has 2 aromatic carbocycles. The summed E-state index contributed by atoms with van der Waals surface area (Å²) in [7, 11) is 0. The van der Waals surface area contributed by atoms with Gasteiger partial charge in [-0.15, -0.1) is 0 Å². The lowest BCUT2D eigenvalue weighted by atomic mass is 10.1. The van der Waals surface area contributed by atoms with Crippen molar-refractivity contribution in [3.05, 3.63) is 90.6 Å². The summed E-state index contributed by atoms with van der Waals surface area (Å²) >= 11 is 0. The third-order valence-corrected chi connectivity index (χ3v) is 3.92. The van der Waals surface area contributed by atoms with Crippen LogP contribution in [-0.4, -0.2) is 15.9 Å². The van der Waals surface area contributed by atoms with Gasteiger partial charge in [0, 0.05) is 23.6 Å². The highest BCUT2D eigenvalue weighted by atomic mass is 16.3. The van der Waals surface area contributed by atoms with Crippen LogP contribution in [0.3, 0.4) is 0 Å². The molecule has 0 unspecified atom stereocenters. The predicted molar refractivity (Wildman–Crippen MR) is 95.2 cm³/mol. The Balaban J connectivity index is 1.73. The number of nitrogens with zero attached hydrogens (tertiary/aromatic N) is 3. The minimum Gasteiger partial charge on any atom is -0.467 e. The lowest BCUT2D eigenvalue weighted by Gasteiger charge is -2.22. The van der Waals surface area contributed by atoms with Crippen molar-refractivity contribution in [2.45, 2.75) is 6.54 Å². The predicted octanol–water partition coefficient (Wildman–Crippen LogP) is 4.07. The van der Waals surface area contributed by atoms with Gasteiger partial charge in [0.25, 0.3) is 5.91 Å². The minimum absolute atomic E-state index is 0.116. The molecule has 0 bridgehead atoms. The maximum Gasteiger partial charge on any atom is 0.258 e. The van der Waals surface area contributed by atoms with Crippen molar-refractivity contribution in [1.82, 2.24) is 9.97 Å². The van der Waals surface area contributed by atoms with Crippen LogP contribution in [0.2, 0.25) is 0 Å². The van der Waals surface area contributed by atoms with E-state index in [1.165, 1.54) is 0 Å². The minimum atomic E-state index is -0.116. The summed E-state index contributed by atoms with van der Waals surface area (Å²) in [5.74, 6) is 0.605. The lowest BCUT2D eigenvalue weighted by Crippen LogP contribution is -2.30. The Labute approximate surface area is 144 Å². The summed E-state index contributed by atoms with van der Waals surface area (Å²) in [5, 5.41) is 0. The Hall–Kier alpha value is -3.47. The first-order valence-corrected chi connectivity index (χ1v) is 7.91. The molecule has 0 aliphatic rings. The van der Waals surface area contributed by atoms with Crippen LogP contribution in [0.1, 0.15) is 16.1 Å². The molecule has 5 heteroatoms. The number of amides is 1. The average molecular weight is 329 g/mol. The van der Waals surface area contributed by atoms with Crippen LogP contribution in [0.5, 0.6) is 0 Å². The Morgan fingerprint density at radius 2 is 1.72 bits per heavy atom. The molecule has 2 heterocycles. The molecule has 0 N–H and O–H groups in total. The quantitative estimate of drug-likeness (QED) is 0.566. The third kappa shape index (κ3) is 3.12. The van der Waals surface area contributed by atoms with Crippen molar-refractivity contribution >= 4 is 22.6 Å². The topological polar surface area (TPSA) is 59.2 Å². The summed E-state index contributed by atoms with van der Waals surface area (Å²) < 4.78 is 5.43. The fourth-order valence-corrected chi connectivity index (χ4v) is 2.70. The molecule has 0 atom stereocenters. The normalized spacial score (nSPS) is 10.7. The average Bonchev–Trinajstić information content (AvgIpc) is 3.19. The summed E-state index contributed by atoms with van der Waals surface area (Å²) in [6.07, 6.45) is 4.86. The van der Waals surface area contributed by atoms with Gasteiger partial charge in [0.2, 0.25) is 0 Å². The SMILES string of the molecule is O=C(c1ccc2nccnc2c1)N(Cc1ccco1)c1ccccc1. The molecule has 0 saturated heterocycles. The van der Waals surface area contributed by atoms with Crippen molar-refractivity contribution in [2.24, 2.45) is 0 Å². The first-order chi connectivity index (χ1) is 12.3. The van der Waals surface area contributed by atoms with E-state index in [0.29, 0.717) is 17.6 Å². The molecule has 25 heavy (non-hydrogen) atoms. The molecule has 2 aromatic heterocycles. The van der Waals surface area contributed by atoms with Gasteiger partial charge in [0.15, 0.2) is 0 Å². The molecule has 122 valence electrons. The van der Waals surface area contributed by atoms with Gasteiger partial charge in [-0.3, -0.25) is 14.8 Å². The fraction of sp³-hybridized carbons (Fsp3) is 0.0500. The van der Waals surface area contributed by atoms with E-state index < -0.39 is 0 Å². The van der Waals surface area contributed by atoms with Gasteiger partial charge in [0.1, 0.15) is 5.76 Å². The molecule has 5 nitrogen and oxygen atoms in total. The molecule has 0 spiro atoms. The second kappa shape index (κ2) is 6.57. The van der Waals surface area contributed by atoms with E-state index >= 15 is 0 Å². The van der Waals surface area contributed by atoms with Gasteiger partial charge in [-0.05, 0) is 42.5 Å². The van der Waals surface area contributed by atoms with Crippen LogP contribution in [0.25, 0.3) is 11.0 Å². The zero-order valence-corrected chi connectivity index (χ0v) is 13.4. The van der Waals surface area contributed by atoms with Crippen molar-refractivity contribution in [3.8, 4) is 0 Å². The number of fused-ring (bicyclic) bond motifs is 1. The molecular formula is C20H15N3O2. The Morgan fingerprint density at radius 3 is 2.48 bits per heavy atom. The van der Waals surface area contributed by atoms with Crippen molar-refractivity contribution in [3.63, 3.8) is 0 Å². The highest BCUT2D eigenvalue weighted by molar-refractivity contribution is 6.07.